The van der Waals surface area contributed by atoms with Gasteiger partial charge >= 0.3 is 0 Å². The maximum atomic E-state index is 11.3. The average Bonchev–Trinajstić information content (AvgIpc) is 2.70. The molecule has 1 saturated carbocycles. The zero-order chi connectivity index (χ0) is 11.8. The second kappa shape index (κ2) is 4.75. The minimum atomic E-state index is -0.646. The molecule has 3 nitrogen and oxygen atoms in total. The fraction of sp³-hybridized carbons (Fsp3) is 1.00. The zero-order valence-corrected chi connectivity index (χ0v) is 11.3. The molecule has 4 unspecified atom stereocenters. The van der Waals surface area contributed by atoms with Crippen molar-refractivity contribution in [3.63, 3.8) is 0 Å². The number of hydrogen-bond acceptors (Lipinski definition) is 3. The second-order valence-corrected chi connectivity index (χ2v) is 7.29. The van der Waals surface area contributed by atoms with E-state index >= 15 is 0 Å². The zero-order valence-electron chi connectivity index (χ0n) is 10.5. The Morgan fingerprint density at radius 2 is 2.25 bits per heavy atom. The van der Waals surface area contributed by atoms with Crippen molar-refractivity contribution in [2.75, 3.05) is 24.7 Å². The summed E-state index contributed by atoms with van der Waals surface area (Å²) in [7, 11) is -0.646. The van der Waals surface area contributed by atoms with E-state index in [0.29, 0.717) is 18.1 Å². The van der Waals surface area contributed by atoms with Crippen LogP contribution in [0.4, 0.5) is 0 Å². The summed E-state index contributed by atoms with van der Waals surface area (Å²) in [5, 5.41) is 3.57. The van der Waals surface area contributed by atoms with Crippen LogP contribution >= 0.6 is 0 Å². The van der Waals surface area contributed by atoms with Crippen molar-refractivity contribution < 1.29 is 8.95 Å². The van der Waals surface area contributed by atoms with Crippen LogP contribution in [0.1, 0.15) is 27.2 Å². The fourth-order valence-corrected chi connectivity index (χ4v) is 3.85. The van der Waals surface area contributed by atoms with Crippen LogP contribution in [0, 0.1) is 11.3 Å². The van der Waals surface area contributed by atoms with Crippen LogP contribution in [-0.2, 0) is 15.5 Å². The average molecular weight is 245 g/mol. The molecule has 0 aromatic heterocycles. The molecule has 1 heterocycles. The number of hydrogen-bond donors (Lipinski definition) is 1. The maximum Gasteiger partial charge on any atom is 0.0685 e. The number of ether oxygens (including phenoxy) is 1. The minimum absolute atomic E-state index is 0.245. The van der Waals surface area contributed by atoms with Crippen molar-refractivity contribution in [3.8, 4) is 0 Å². The molecule has 0 aromatic carbocycles. The van der Waals surface area contributed by atoms with Gasteiger partial charge < -0.3 is 10.1 Å². The number of rotatable bonds is 5. The molecule has 4 atom stereocenters. The van der Waals surface area contributed by atoms with Gasteiger partial charge in [-0.05, 0) is 6.42 Å². The van der Waals surface area contributed by atoms with Gasteiger partial charge in [0.15, 0.2) is 0 Å². The minimum Gasteiger partial charge on any atom is -0.377 e. The third-order valence-electron chi connectivity index (χ3n) is 4.12. The van der Waals surface area contributed by atoms with E-state index in [1.54, 1.807) is 0 Å². The first-order valence-electron chi connectivity index (χ1n) is 6.27. The third kappa shape index (κ3) is 2.07. The molecule has 2 rings (SSSR count). The molecule has 1 N–H and O–H groups in total. The summed E-state index contributed by atoms with van der Waals surface area (Å²) < 4.78 is 17.1. The van der Waals surface area contributed by atoms with Crippen LogP contribution in [0.25, 0.3) is 0 Å². The lowest BCUT2D eigenvalue weighted by Crippen LogP contribution is -2.66. The molecule has 0 radical (unpaired) electrons. The molecule has 0 spiro atoms. The maximum absolute atomic E-state index is 11.3. The predicted molar refractivity (Wildman–Crippen MR) is 67.0 cm³/mol. The van der Waals surface area contributed by atoms with Gasteiger partial charge in [-0.25, -0.2) is 0 Å². The Labute approximate surface area is 101 Å². The fourth-order valence-electron chi connectivity index (χ4n) is 3.21. The Bertz CT molecular complexity index is 280. The normalized spacial score (nSPS) is 37.8. The summed E-state index contributed by atoms with van der Waals surface area (Å²) in [6.45, 7) is 8.31. The summed E-state index contributed by atoms with van der Waals surface area (Å²) in [6, 6.07) is 0.550. The first-order chi connectivity index (χ1) is 7.57. The van der Waals surface area contributed by atoms with Crippen LogP contribution in [-0.4, -0.2) is 41.0 Å². The molecule has 2 aliphatic rings. The highest BCUT2D eigenvalue weighted by molar-refractivity contribution is 7.84. The first-order valence-corrected chi connectivity index (χ1v) is 7.76. The van der Waals surface area contributed by atoms with Crippen LogP contribution in [0.5, 0.6) is 0 Å². The Morgan fingerprint density at radius 3 is 2.94 bits per heavy atom. The van der Waals surface area contributed by atoms with Crippen molar-refractivity contribution in [1.29, 1.82) is 0 Å². The Hall–Kier alpha value is 0.0700. The summed E-state index contributed by atoms with van der Waals surface area (Å²) in [5.41, 5.74) is 0.245. The molecule has 4 heteroatoms. The van der Waals surface area contributed by atoms with Gasteiger partial charge in [0.05, 0.1) is 6.10 Å². The van der Waals surface area contributed by atoms with Crippen molar-refractivity contribution in [1.82, 2.24) is 5.32 Å². The number of fused-ring (bicyclic) bond motifs is 1. The van der Waals surface area contributed by atoms with Crippen molar-refractivity contribution in [2.45, 2.75) is 39.3 Å². The van der Waals surface area contributed by atoms with E-state index in [9.17, 15) is 4.21 Å². The van der Waals surface area contributed by atoms with E-state index in [4.69, 9.17) is 4.74 Å². The van der Waals surface area contributed by atoms with E-state index in [0.717, 1.165) is 24.7 Å². The highest BCUT2D eigenvalue weighted by Crippen LogP contribution is 2.51. The first kappa shape index (κ1) is 12.5. The third-order valence-corrected chi connectivity index (χ3v) is 5.42. The topological polar surface area (TPSA) is 38.3 Å². The number of nitrogens with one attached hydrogen (secondary N) is 1. The van der Waals surface area contributed by atoms with Gasteiger partial charge in [-0.3, -0.25) is 4.21 Å². The second-order valence-electron chi connectivity index (χ2n) is 5.43. The monoisotopic (exact) mass is 245 g/mol. The van der Waals surface area contributed by atoms with E-state index < -0.39 is 10.8 Å². The van der Waals surface area contributed by atoms with E-state index in [1.165, 1.54) is 6.42 Å². The van der Waals surface area contributed by atoms with Crippen molar-refractivity contribution in [2.24, 2.45) is 11.3 Å². The van der Waals surface area contributed by atoms with Crippen molar-refractivity contribution >= 4 is 10.8 Å². The highest BCUT2D eigenvalue weighted by atomic mass is 32.2. The summed E-state index contributed by atoms with van der Waals surface area (Å²) in [4.78, 5) is 0. The standard InChI is InChI=1S/C12H23NO2S/c1-4-16(14)8-6-13-10-9-5-7-15-11(9)12(10,2)3/h9-11,13H,4-8H2,1-3H3. The van der Waals surface area contributed by atoms with E-state index in [-0.39, 0.29) is 5.41 Å². The summed E-state index contributed by atoms with van der Waals surface area (Å²) in [5.74, 6) is 2.23. The quantitative estimate of drug-likeness (QED) is 0.790. The summed E-state index contributed by atoms with van der Waals surface area (Å²) >= 11 is 0. The van der Waals surface area contributed by atoms with Gasteiger partial charge in [0, 0.05) is 52.8 Å². The van der Waals surface area contributed by atoms with Crippen LogP contribution < -0.4 is 5.32 Å². The van der Waals surface area contributed by atoms with Crippen LogP contribution in [0.15, 0.2) is 0 Å². The molecule has 0 aromatic rings. The predicted octanol–water partition coefficient (Wildman–Crippen LogP) is 1.16. The van der Waals surface area contributed by atoms with E-state index in [1.807, 2.05) is 6.92 Å². The smallest absolute Gasteiger partial charge is 0.0685 e. The molecular weight excluding hydrogens is 222 g/mol. The molecule has 94 valence electrons. The molecule has 16 heavy (non-hydrogen) atoms. The summed E-state index contributed by atoms with van der Waals surface area (Å²) in [6.07, 6.45) is 1.63. The molecule has 1 saturated heterocycles. The van der Waals surface area contributed by atoms with Gasteiger partial charge in [0.1, 0.15) is 0 Å². The van der Waals surface area contributed by atoms with Gasteiger partial charge in [0.25, 0.3) is 0 Å². The van der Waals surface area contributed by atoms with Gasteiger partial charge in [-0.2, -0.15) is 0 Å². The van der Waals surface area contributed by atoms with Crippen LogP contribution in [0.2, 0.25) is 0 Å². The lowest BCUT2D eigenvalue weighted by atomic mass is 9.57. The van der Waals surface area contributed by atoms with Crippen LogP contribution in [0.3, 0.4) is 0 Å². The lowest BCUT2D eigenvalue weighted by Gasteiger charge is -2.55. The Kier molecular flexibility index (Phi) is 3.72. The Morgan fingerprint density at radius 1 is 1.50 bits per heavy atom. The SMILES string of the molecule is CCS(=O)CCNC1C2CCOC2C1(C)C. The largest absolute Gasteiger partial charge is 0.377 e. The van der Waals surface area contributed by atoms with Gasteiger partial charge in [-0.15, -0.1) is 0 Å². The van der Waals surface area contributed by atoms with Gasteiger partial charge in [0.2, 0.25) is 0 Å². The van der Waals surface area contributed by atoms with Gasteiger partial charge in [-0.1, -0.05) is 20.8 Å². The molecule has 0 bridgehead atoms. The molecule has 2 fully saturated rings. The highest BCUT2D eigenvalue weighted by Gasteiger charge is 2.58. The Balaban J connectivity index is 1.79. The van der Waals surface area contributed by atoms with Crippen molar-refractivity contribution in [3.05, 3.63) is 0 Å². The molecule has 0 amide bonds. The van der Waals surface area contributed by atoms with E-state index in [2.05, 4.69) is 19.2 Å². The lowest BCUT2D eigenvalue weighted by molar-refractivity contribution is -0.111. The molecule has 1 aliphatic carbocycles. The molecule has 1 aliphatic heterocycles. The molecular formula is C12H23NO2S.